The van der Waals surface area contributed by atoms with Crippen molar-refractivity contribution in [3.05, 3.63) is 87.9 Å². The fourth-order valence-electron chi connectivity index (χ4n) is 2.87. The number of halogens is 1. The Balaban J connectivity index is 1.66. The molecule has 0 radical (unpaired) electrons. The zero-order valence-electron chi connectivity index (χ0n) is 18.9. The van der Waals surface area contributed by atoms with Gasteiger partial charge in [-0.2, -0.15) is 5.10 Å². The molecule has 1 amide bonds. The first-order chi connectivity index (χ1) is 16.5. The summed E-state index contributed by atoms with van der Waals surface area (Å²) in [5, 5.41) is 4.01. The topological polar surface area (TPSA) is 86.2 Å². The zero-order chi connectivity index (χ0) is 24.3. The zero-order valence-corrected chi connectivity index (χ0v) is 20.5. The van der Waals surface area contributed by atoms with Gasteiger partial charge in [-0.05, 0) is 80.1 Å². The molecule has 0 unspecified atom stereocenters. The van der Waals surface area contributed by atoms with E-state index in [0.29, 0.717) is 47.2 Å². The number of hydrogen-bond donors (Lipinski definition) is 1. The minimum absolute atomic E-state index is 0.304. The first kappa shape index (κ1) is 25.0. The summed E-state index contributed by atoms with van der Waals surface area (Å²) in [6, 6.07) is 18.6. The number of carbonyl (C=O) groups is 2. The fraction of sp³-hybridized carbons (Fsp3) is 0.192. The molecule has 0 heterocycles. The van der Waals surface area contributed by atoms with Crippen LogP contribution in [0.25, 0.3) is 0 Å². The van der Waals surface area contributed by atoms with Crippen molar-refractivity contribution in [3.8, 4) is 17.2 Å². The van der Waals surface area contributed by atoms with Gasteiger partial charge in [0.05, 0.1) is 25.0 Å². The Hall–Kier alpha value is -3.65. The Labute approximate surface area is 206 Å². The van der Waals surface area contributed by atoms with Gasteiger partial charge < -0.3 is 14.2 Å². The van der Waals surface area contributed by atoms with Crippen molar-refractivity contribution in [2.45, 2.75) is 20.3 Å². The Kier molecular flexibility index (Phi) is 9.22. The molecule has 0 saturated carbocycles. The maximum atomic E-state index is 12.6. The van der Waals surface area contributed by atoms with Crippen molar-refractivity contribution >= 4 is 34.0 Å². The minimum atomic E-state index is -0.516. The van der Waals surface area contributed by atoms with Gasteiger partial charge in [-0.3, -0.25) is 4.79 Å². The highest BCUT2D eigenvalue weighted by Gasteiger charge is 2.12. The second kappa shape index (κ2) is 12.6. The van der Waals surface area contributed by atoms with E-state index in [-0.39, 0.29) is 5.91 Å². The Morgan fingerprint density at radius 1 is 0.912 bits per heavy atom. The molecular formula is C26H25BrN2O5. The summed E-state index contributed by atoms with van der Waals surface area (Å²) in [5.74, 6) is 0.790. The Bertz CT molecular complexity index is 1140. The van der Waals surface area contributed by atoms with Crippen molar-refractivity contribution in [1.82, 2.24) is 5.43 Å². The van der Waals surface area contributed by atoms with E-state index in [1.807, 2.05) is 13.8 Å². The van der Waals surface area contributed by atoms with Crippen LogP contribution in [0.1, 0.15) is 46.5 Å². The van der Waals surface area contributed by atoms with E-state index >= 15 is 0 Å². The van der Waals surface area contributed by atoms with E-state index < -0.39 is 5.97 Å². The highest BCUT2D eigenvalue weighted by molar-refractivity contribution is 9.10. The van der Waals surface area contributed by atoms with Crippen LogP contribution < -0.4 is 19.6 Å². The molecule has 34 heavy (non-hydrogen) atoms. The van der Waals surface area contributed by atoms with Crippen molar-refractivity contribution in [3.63, 3.8) is 0 Å². The predicted molar refractivity (Wildman–Crippen MR) is 134 cm³/mol. The molecule has 3 aromatic rings. The largest absolute Gasteiger partial charge is 0.494 e. The first-order valence-electron chi connectivity index (χ1n) is 10.8. The molecule has 8 heteroatoms. The maximum Gasteiger partial charge on any atom is 0.343 e. The van der Waals surface area contributed by atoms with Gasteiger partial charge in [0, 0.05) is 15.6 Å². The molecule has 176 valence electrons. The summed E-state index contributed by atoms with van der Waals surface area (Å²) in [4.78, 5) is 25.0. The molecule has 0 fully saturated rings. The minimum Gasteiger partial charge on any atom is -0.494 e. The highest BCUT2D eigenvalue weighted by Crippen LogP contribution is 2.23. The number of amides is 1. The van der Waals surface area contributed by atoms with Gasteiger partial charge in [0.15, 0.2) is 0 Å². The van der Waals surface area contributed by atoms with Crippen molar-refractivity contribution in [2.75, 3.05) is 13.2 Å². The predicted octanol–water partition coefficient (Wildman–Crippen LogP) is 5.62. The van der Waals surface area contributed by atoms with Gasteiger partial charge in [0.2, 0.25) is 0 Å². The van der Waals surface area contributed by atoms with Crippen LogP contribution >= 0.6 is 15.9 Å². The number of rotatable bonds is 10. The molecule has 0 spiro atoms. The van der Waals surface area contributed by atoms with Crippen LogP contribution in [0.15, 0.2) is 76.3 Å². The molecule has 3 rings (SSSR count). The van der Waals surface area contributed by atoms with Gasteiger partial charge >= 0.3 is 5.97 Å². The van der Waals surface area contributed by atoms with Crippen LogP contribution in [0.5, 0.6) is 17.2 Å². The lowest BCUT2D eigenvalue weighted by Gasteiger charge is -2.09. The molecule has 0 aromatic heterocycles. The summed E-state index contributed by atoms with van der Waals surface area (Å²) in [7, 11) is 0. The Morgan fingerprint density at radius 3 is 2.21 bits per heavy atom. The van der Waals surface area contributed by atoms with Crippen LogP contribution in [0, 0.1) is 0 Å². The molecule has 3 aromatic carbocycles. The molecule has 0 saturated heterocycles. The average Bonchev–Trinajstić information content (AvgIpc) is 2.85. The standard InChI is InChI=1S/C26H25BrN2O5/c1-3-15-33-23-12-7-19(8-13-23)26(31)34-24-14-9-21(27)16-20(24)17-28-29-25(30)18-5-10-22(11-6-18)32-4-2/h5-14,16-17H,3-4,15H2,1-2H3,(H,29,30). The summed E-state index contributed by atoms with van der Waals surface area (Å²) >= 11 is 3.40. The smallest absolute Gasteiger partial charge is 0.343 e. The fourth-order valence-corrected chi connectivity index (χ4v) is 3.25. The van der Waals surface area contributed by atoms with Crippen LogP contribution in [-0.2, 0) is 0 Å². The quantitative estimate of drug-likeness (QED) is 0.161. The third-order valence-corrected chi connectivity index (χ3v) is 5.03. The van der Waals surface area contributed by atoms with Gasteiger partial charge in [-0.1, -0.05) is 22.9 Å². The monoisotopic (exact) mass is 524 g/mol. The first-order valence-corrected chi connectivity index (χ1v) is 11.6. The van der Waals surface area contributed by atoms with Crippen LogP contribution in [0.3, 0.4) is 0 Å². The van der Waals surface area contributed by atoms with Gasteiger partial charge in [-0.25, -0.2) is 10.2 Å². The van der Waals surface area contributed by atoms with Gasteiger partial charge in [0.1, 0.15) is 17.2 Å². The molecule has 1 N–H and O–H groups in total. The molecule has 0 bridgehead atoms. The SMILES string of the molecule is CCCOc1ccc(C(=O)Oc2ccc(Br)cc2C=NNC(=O)c2ccc(OCC)cc2)cc1. The summed E-state index contributed by atoms with van der Waals surface area (Å²) in [5.41, 5.74) is 3.81. The molecule has 0 aliphatic heterocycles. The lowest BCUT2D eigenvalue weighted by molar-refractivity contribution is 0.0734. The highest BCUT2D eigenvalue weighted by atomic mass is 79.9. The maximum absolute atomic E-state index is 12.6. The lowest BCUT2D eigenvalue weighted by atomic mass is 10.2. The Morgan fingerprint density at radius 2 is 1.56 bits per heavy atom. The van der Waals surface area contributed by atoms with E-state index in [1.165, 1.54) is 6.21 Å². The van der Waals surface area contributed by atoms with Crippen LogP contribution in [-0.4, -0.2) is 31.3 Å². The van der Waals surface area contributed by atoms with Gasteiger partial charge in [-0.15, -0.1) is 0 Å². The summed E-state index contributed by atoms with van der Waals surface area (Å²) < 4.78 is 17.2. The number of nitrogens with one attached hydrogen (secondary N) is 1. The number of ether oxygens (including phenoxy) is 3. The van der Waals surface area contributed by atoms with Crippen molar-refractivity contribution < 1.29 is 23.8 Å². The normalized spacial score (nSPS) is 10.7. The van der Waals surface area contributed by atoms with Crippen molar-refractivity contribution in [1.29, 1.82) is 0 Å². The van der Waals surface area contributed by atoms with Crippen molar-refractivity contribution in [2.24, 2.45) is 5.10 Å². The molecule has 0 aliphatic carbocycles. The number of esters is 1. The molecular weight excluding hydrogens is 500 g/mol. The van der Waals surface area contributed by atoms with E-state index in [2.05, 4.69) is 26.5 Å². The summed E-state index contributed by atoms with van der Waals surface area (Å²) in [6.07, 6.45) is 2.32. The van der Waals surface area contributed by atoms with E-state index in [0.717, 1.165) is 10.9 Å². The molecule has 0 atom stereocenters. The van der Waals surface area contributed by atoms with Crippen LogP contribution in [0.2, 0.25) is 0 Å². The third kappa shape index (κ3) is 7.18. The molecule has 7 nitrogen and oxygen atoms in total. The van der Waals surface area contributed by atoms with E-state index in [4.69, 9.17) is 14.2 Å². The van der Waals surface area contributed by atoms with Gasteiger partial charge in [0.25, 0.3) is 5.91 Å². The molecule has 0 aliphatic rings. The number of carbonyl (C=O) groups excluding carboxylic acids is 2. The number of benzene rings is 3. The second-order valence-corrected chi connectivity index (χ2v) is 8.02. The average molecular weight is 525 g/mol. The number of nitrogens with zero attached hydrogens (tertiary/aromatic N) is 1. The van der Waals surface area contributed by atoms with E-state index in [9.17, 15) is 9.59 Å². The summed E-state index contributed by atoms with van der Waals surface area (Å²) in [6.45, 7) is 5.08. The second-order valence-electron chi connectivity index (χ2n) is 7.10. The van der Waals surface area contributed by atoms with E-state index in [1.54, 1.807) is 66.7 Å². The lowest BCUT2D eigenvalue weighted by Crippen LogP contribution is -2.17. The van der Waals surface area contributed by atoms with Crippen LogP contribution in [0.4, 0.5) is 0 Å². The number of hydrogen-bond acceptors (Lipinski definition) is 6. The third-order valence-electron chi connectivity index (χ3n) is 4.53. The number of hydrazone groups is 1.